The summed E-state index contributed by atoms with van der Waals surface area (Å²) in [6, 6.07) is 15.4. The van der Waals surface area contributed by atoms with Crippen LogP contribution >= 0.6 is 0 Å². The van der Waals surface area contributed by atoms with E-state index in [9.17, 15) is 14.0 Å². The van der Waals surface area contributed by atoms with Gasteiger partial charge in [-0.25, -0.2) is 4.39 Å². The van der Waals surface area contributed by atoms with Gasteiger partial charge in [0.15, 0.2) is 0 Å². The fourth-order valence-corrected chi connectivity index (χ4v) is 3.79. The molecule has 0 radical (unpaired) electrons. The molecule has 2 aromatic carbocycles. The summed E-state index contributed by atoms with van der Waals surface area (Å²) in [7, 11) is 0. The molecule has 2 aromatic rings. The fraction of sp³-hybridized carbons (Fsp3) is 0.391. The topological polar surface area (TPSA) is 64.7 Å². The number of piperazine rings is 1. The normalized spacial score (nSPS) is 18.6. The van der Waals surface area contributed by atoms with Crippen molar-refractivity contribution in [1.29, 1.82) is 0 Å². The molecule has 2 fully saturated rings. The second kappa shape index (κ2) is 9.36. The highest BCUT2D eigenvalue weighted by Gasteiger charge is 2.31. The summed E-state index contributed by atoms with van der Waals surface area (Å²) in [4.78, 5) is 29.5. The first-order valence-electron chi connectivity index (χ1n) is 10.5. The van der Waals surface area contributed by atoms with Gasteiger partial charge in [-0.2, -0.15) is 0 Å². The molecule has 0 aromatic heterocycles. The first-order valence-corrected chi connectivity index (χ1v) is 10.5. The van der Waals surface area contributed by atoms with E-state index in [0.29, 0.717) is 31.4 Å². The van der Waals surface area contributed by atoms with Gasteiger partial charge in [0.1, 0.15) is 11.9 Å². The Morgan fingerprint density at radius 1 is 0.967 bits per heavy atom. The predicted molar refractivity (Wildman–Crippen MR) is 113 cm³/mol. The van der Waals surface area contributed by atoms with Gasteiger partial charge in [0.05, 0.1) is 6.54 Å². The Labute approximate surface area is 176 Å². The molecule has 1 saturated heterocycles. The minimum Gasteiger partial charge on any atom is -0.352 e. The zero-order valence-electron chi connectivity index (χ0n) is 16.9. The van der Waals surface area contributed by atoms with Crippen LogP contribution in [0.25, 0.3) is 0 Å². The average Bonchev–Trinajstić information content (AvgIpc) is 3.56. The van der Waals surface area contributed by atoms with Crippen LogP contribution in [0.15, 0.2) is 54.6 Å². The molecule has 30 heavy (non-hydrogen) atoms. The average molecular weight is 410 g/mol. The van der Waals surface area contributed by atoms with Crippen LogP contribution in [0.2, 0.25) is 0 Å². The van der Waals surface area contributed by atoms with Crippen molar-refractivity contribution in [2.24, 2.45) is 0 Å². The van der Waals surface area contributed by atoms with Crippen LogP contribution in [0.3, 0.4) is 0 Å². The molecule has 1 saturated carbocycles. The summed E-state index contributed by atoms with van der Waals surface area (Å²) in [5, 5.41) is 5.94. The molecule has 2 aliphatic rings. The van der Waals surface area contributed by atoms with E-state index in [2.05, 4.69) is 20.4 Å². The Bertz CT molecular complexity index is 863. The molecule has 4 rings (SSSR count). The Morgan fingerprint density at radius 3 is 2.27 bits per heavy atom. The highest BCUT2D eigenvalue weighted by Crippen LogP contribution is 2.24. The highest BCUT2D eigenvalue weighted by atomic mass is 19.1. The molecular formula is C23H27FN4O2. The molecule has 158 valence electrons. The van der Waals surface area contributed by atoms with E-state index in [1.807, 2.05) is 30.3 Å². The van der Waals surface area contributed by atoms with Crippen molar-refractivity contribution in [3.05, 3.63) is 66.0 Å². The summed E-state index contributed by atoms with van der Waals surface area (Å²) in [5.74, 6) is -0.401. The summed E-state index contributed by atoms with van der Waals surface area (Å²) >= 11 is 0. The maximum absolute atomic E-state index is 13.2. The predicted octanol–water partition coefficient (Wildman–Crippen LogP) is 2.40. The Hall–Kier alpha value is -2.77. The maximum Gasteiger partial charge on any atom is 0.246 e. The lowest BCUT2D eigenvalue weighted by Crippen LogP contribution is -2.52. The van der Waals surface area contributed by atoms with Gasteiger partial charge in [0, 0.05) is 37.9 Å². The number of rotatable bonds is 7. The van der Waals surface area contributed by atoms with E-state index < -0.39 is 6.04 Å². The molecule has 0 bridgehead atoms. The Morgan fingerprint density at radius 2 is 1.63 bits per heavy atom. The van der Waals surface area contributed by atoms with Gasteiger partial charge < -0.3 is 10.6 Å². The molecular weight excluding hydrogens is 383 g/mol. The van der Waals surface area contributed by atoms with Gasteiger partial charge in [0.2, 0.25) is 11.8 Å². The van der Waals surface area contributed by atoms with E-state index in [1.165, 1.54) is 12.1 Å². The van der Waals surface area contributed by atoms with Crippen molar-refractivity contribution in [2.45, 2.75) is 24.9 Å². The molecule has 2 amide bonds. The molecule has 1 aliphatic heterocycles. The first-order chi connectivity index (χ1) is 14.6. The molecule has 1 aliphatic carbocycles. The van der Waals surface area contributed by atoms with Gasteiger partial charge in [0.25, 0.3) is 0 Å². The number of carbonyl (C=O) groups is 2. The van der Waals surface area contributed by atoms with Crippen LogP contribution < -0.4 is 10.6 Å². The quantitative estimate of drug-likeness (QED) is 0.736. The number of carbonyl (C=O) groups excluding carboxylic acids is 2. The van der Waals surface area contributed by atoms with Crippen LogP contribution in [0, 0.1) is 5.82 Å². The van der Waals surface area contributed by atoms with Crippen molar-refractivity contribution in [1.82, 2.24) is 15.1 Å². The van der Waals surface area contributed by atoms with Crippen LogP contribution in [0.1, 0.15) is 24.4 Å². The number of nitrogens with zero attached hydrogens (tertiary/aromatic N) is 2. The van der Waals surface area contributed by atoms with Crippen molar-refractivity contribution >= 4 is 17.5 Å². The summed E-state index contributed by atoms with van der Waals surface area (Å²) < 4.78 is 13.2. The number of nitrogens with one attached hydrogen (secondary N) is 2. The Kier molecular flexibility index (Phi) is 6.40. The summed E-state index contributed by atoms with van der Waals surface area (Å²) in [6.45, 7) is 3.23. The third-order valence-electron chi connectivity index (χ3n) is 5.56. The number of halogens is 1. The van der Waals surface area contributed by atoms with E-state index in [1.54, 1.807) is 12.1 Å². The standard InChI is InChI=1S/C23H27FN4O2/c24-18-6-8-20(9-7-18)26-23(30)22(17-4-2-1-3-5-17)28-14-12-27(13-15-28)16-21(29)25-19-10-11-19/h1-9,19,22H,10-16H2,(H,25,29)(H,26,30)/t22-/m1/s1. The molecule has 6 nitrogen and oxygen atoms in total. The highest BCUT2D eigenvalue weighted by molar-refractivity contribution is 5.95. The lowest BCUT2D eigenvalue weighted by molar-refractivity contribution is -0.125. The lowest BCUT2D eigenvalue weighted by Gasteiger charge is -2.38. The van der Waals surface area contributed by atoms with Gasteiger partial charge in [-0.05, 0) is 42.7 Å². The zero-order valence-corrected chi connectivity index (χ0v) is 16.9. The van der Waals surface area contributed by atoms with Crippen molar-refractivity contribution in [3.8, 4) is 0 Å². The van der Waals surface area contributed by atoms with E-state index in [4.69, 9.17) is 0 Å². The lowest BCUT2D eigenvalue weighted by atomic mass is 10.0. The smallest absolute Gasteiger partial charge is 0.246 e. The van der Waals surface area contributed by atoms with Crippen molar-refractivity contribution in [3.63, 3.8) is 0 Å². The maximum atomic E-state index is 13.2. The second-order valence-corrected chi connectivity index (χ2v) is 7.96. The Balaban J connectivity index is 1.40. The van der Waals surface area contributed by atoms with Gasteiger partial charge >= 0.3 is 0 Å². The number of hydrogen-bond donors (Lipinski definition) is 2. The number of anilines is 1. The van der Waals surface area contributed by atoms with Gasteiger partial charge in [-0.15, -0.1) is 0 Å². The molecule has 0 spiro atoms. The fourth-order valence-electron chi connectivity index (χ4n) is 3.79. The number of hydrogen-bond acceptors (Lipinski definition) is 4. The third kappa shape index (κ3) is 5.43. The van der Waals surface area contributed by atoms with Crippen LogP contribution in [-0.4, -0.2) is 60.4 Å². The molecule has 2 N–H and O–H groups in total. The van der Waals surface area contributed by atoms with Gasteiger partial charge in [-0.3, -0.25) is 19.4 Å². The third-order valence-corrected chi connectivity index (χ3v) is 5.56. The largest absolute Gasteiger partial charge is 0.352 e. The molecule has 0 unspecified atom stereocenters. The second-order valence-electron chi connectivity index (χ2n) is 7.96. The monoisotopic (exact) mass is 410 g/mol. The van der Waals surface area contributed by atoms with Crippen LogP contribution in [0.4, 0.5) is 10.1 Å². The molecule has 7 heteroatoms. The van der Waals surface area contributed by atoms with E-state index in [-0.39, 0.29) is 17.6 Å². The first kappa shape index (κ1) is 20.5. The van der Waals surface area contributed by atoms with Crippen LogP contribution in [-0.2, 0) is 9.59 Å². The minimum atomic E-state index is -0.446. The minimum absolute atomic E-state index is 0.0830. The SMILES string of the molecule is O=C(CN1CCN([C@@H](C(=O)Nc2ccc(F)cc2)c2ccccc2)CC1)NC1CC1. The van der Waals surface area contributed by atoms with Gasteiger partial charge in [-0.1, -0.05) is 30.3 Å². The zero-order chi connectivity index (χ0) is 20.9. The van der Waals surface area contributed by atoms with Crippen LogP contribution in [0.5, 0.6) is 0 Å². The summed E-state index contributed by atoms with van der Waals surface area (Å²) in [5.41, 5.74) is 1.48. The number of amides is 2. The molecule has 1 atom stereocenters. The van der Waals surface area contributed by atoms with E-state index >= 15 is 0 Å². The van der Waals surface area contributed by atoms with E-state index in [0.717, 1.165) is 31.5 Å². The molecule has 1 heterocycles. The van der Waals surface area contributed by atoms with Crippen molar-refractivity contribution in [2.75, 3.05) is 38.0 Å². The number of benzene rings is 2. The summed E-state index contributed by atoms with van der Waals surface area (Å²) in [6.07, 6.45) is 2.17. The van der Waals surface area contributed by atoms with Crippen molar-refractivity contribution < 1.29 is 14.0 Å².